The van der Waals surface area contributed by atoms with Crippen LogP contribution >= 0.6 is 0 Å². The largest absolute Gasteiger partial charge is 0.388 e. The molecule has 0 aliphatic carbocycles. The maximum absolute atomic E-state index is 9.62. The van der Waals surface area contributed by atoms with Gasteiger partial charge in [0.25, 0.3) is 0 Å². The minimum atomic E-state index is 0.396. The number of hydrazine groups is 1. The van der Waals surface area contributed by atoms with Gasteiger partial charge in [0, 0.05) is 26.8 Å². The molecule has 104 valence electrons. The van der Waals surface area contributed by atoms with Gasteiger partial charge in [-0.2, -0.15) is 0 Å². The summed E-state index contributed by atoms with van der Waals surface area (Å²) in [6.07, 6.45) is 0.819. The van der Waals surface area contributed by atoms with E-state index in [-0.39, 0.29) is 0 Å². The molecule has 0 amide bonds. The van der Waals surface area contributed by atoms with E-state index in [1.54, 1.807) is 5.01 Å². The van der Waals surface area contributed by atoms with Gasteiger partial charge in [-0.3, -0.25) is 5.01 Å². The van der Waals surface area contributed by atoms with Gasteiger partial charge >= 0.3 is 0 Å². The molecule has 4 nitrogen and oxygen atoms in total. The summed E-state index contributed by atoms with van der Waals surface area (Å²) < 4.78 is 0. The van der Waals surface area contributed by atoms with Crippen LogP contribution in [-0.2, 0) is 4.79 Å². The van der Waals surface area contributed by atoms with Crippen LogP contribution in [0.1, 0.15) is 19.4 Å². The number of aryl methyl sites for hydroxylation is 1. The van der Waals surface area contributed by atoms with Crippen LogP contribution in [0.15, 0.2) is 24.3 Å². The number of benzene rings is 1. The van der Waals surface area contributed by atoms with Crippen molar-refractivity contribution < 1.29 is 4.79 Å². The molecule has 0 spiro atoms. The highest BCUT2D eigenvalue weighted by atomic mass is 16.1. The molecule has 4 heteroatoms. The van der Waals surface area contributed by atoms with Gasteiger partial charge in [-0.05, 0) is 24.6 Å². The van der Waals surface area contributed by atoms with Crippen molar-refractivity contribution in [1.82, 2.24) is 10.4 Å². The van der Waals surface area contributed by atoms with Crippen LogP contribution in [0.25, 0.3) is 0 Å². The molecule has 0 radical (unpaired) electrons. The van der Waals surface area contributed by atoms with E-state index in [2.05, 4.69) is 29.8 Å². The molecular formula is C14H27N3O. The third-order valence-corrected chi connectivity index (χ3v) is 1.80. The molecule has 0 saturated heterocycles. The lowest BCUT2D eigenvalue weighted by Crippen LogP contribution is -2.31. The van der Waals surface area contributed by atoms with Crippen LogP contribution < -0.4 is 10.7 Å². The Bertz CT molecular complexity index is 301. The maximum Gasteiger partial charge on any atom is 0.135 e. The fraction of sp³-hybridized carbons (Fsp3) is 0.500. The average molecular weight is 253 g/mol. The second kappa shape index (κ2) is 13.7. The zero-order valence-electron chi connectivity index (χ0n) is 12.4. The van der Waals surface area contributed by atoms with Crippen molar-refractivity contribution >= 4 is 12.0 Å². The van der Waals surface area contributed by atoms with E-state index in [0.717, 1.165) is 6.29 Å². The minimum Gasteiger partial charge on any atom is -0.388 e. The monoisotopic (exact) mass is 253 g/mol. The Morgan fingerprint density at radius 3 is 2.17 bits per heavy atom. The van der Waals surface area contributed by atoms with Crippen molar-refractivity contribution in [1.29, 1.82) is 0 Å². The molecule has 1 rings (SSSR count). The van der Waals surface area contributed by atoms with Crippen molar-refractivity contribution in [2.45, 2.75) is 20.8 Å². The third kappa shape index (κ3) is 12.7. The van der Waals surface area contributed by atoms with Gasteiger partial charge in [-0.25, -0.2) is 5.43 Å². The Labute approximate surface area is 111 Å². The van der Waals surface area contributed by atoms with E-state index in [0.29, 0.717) is 6.54 Å². The lowest BCUT2D eigenvalue weighted by molar-refractivity contribution is -0.107. The van der Waals surface area contributed by atoms with Gasteiger partial charge in [0.15, 0.2) is 0 Å². The summed E-state index contributed by atoms with van der Waals surface area (Å²) in [5.41, 5.74) is 5.23. The number of hydrogen-bond donors (Lipinski definition) is 2. The SMILES string of the molecule is CC.CN(C)NCC=O.CNc1cccc(C)c1. The molecule has 0 saturated carbocycles. The summed E-state index contributed by atoms with van der Waals surface area (Å²) >= 11 is 0. The van der Waals surface area contributed by atoms with E-state index in [1.165, 1.54) is 11.3 Å². The van der Waals surface area contributed by atoms with Gasteiger partial charge in [-0.1, -0.05) is 26.0 Å². The molecule has 1 aromatic rings. The van der Waals surface area contributed by atoms with Crippen molar-refractivity contribution in [2.75, 3.05) is 33.0 Å². The topological polar surface area (TPSA) is 44.4 Å². The first kappa shape index (κ1) is 19.0. The van der Waals surface area contributed by atoms with E-state index in [9.17, 15) is 4.79 Å². The fourth-order valence-electron chi connectivity index (χ4n) is 1.02. The minimum absolute atomic E-state index is 0.396. The molecule has 0 heterocycles. The molecule has 0 aliphatic heterocycles. The lowest BCUT2D eigenvalue weighted by atomic mass is 10.2. The number of anilines is 1. The Hall–Kier alpha value is -1.39. The van der Waals surface area contributed by atoms with Crippen molar-refractivity contribution in [2.24, 2.45) is 0 Å². The molecule has 0 fully saturated rings. The maximum atomic E-state index is 9.62. The number of hydrogen-bond acceptors (Lipinski definition) is 4. The van der Waals surface area contributed by atoms with Crippen LogP contribution in [0.5, 0.6) is 0 Å². The van der Waals surface area contributed by atoms with E-state index in [4.69, 9.17) is 0 Å². The van der Waals surface area contributed by atoms with Crippen LogP contribution in [-0.4, -0.2) is 39.0 Å². The lowest BCUT2D eigenvalue weighted by Gasteiger charge is -2.06. The predicted molar refractivity (Wildman–Crippen MR) is 79.8 cm³/mol. The standard InChI is InChI=1S/C8H11N.C4H10N2O.C2H6/c1-7-4-3-5-8(6-7)9-2;1-6(2)5-3-4-7;1-2/h3-6,9H,1-2H3;4-5H,3H2,1-2H3;1-2H3. The molecule has 2 N–H and O–H groups in total. The zero-order chi connectivity index (χ0) is 14.4. The summed E-state index contributed by atoms with van der Waals surface area (Å²) in [6, 6.07) is 8.29. The molecule has 0 aliphatic rings. The van der Waals surface area contributed by atoms with Crippen molar-refractivity contribution in [3.8, 4) is 0 Å². The highest BCUT2D eigenvalue weighted by molar-refractivity contribution is 5.51. The average Bonchev–Trinajstić information content (AvgIpc) is 2.39. The number of rotatable bonds is 4. The van der Waals surface area contributed by atoms with Gasteiger partial charge < -0.3 is 10.1 Å². The normalized spacial score (nSPS) is 8.61. The van der Waals surface area contributed by atoms with Crippen LogP contribution in [0.2, 0.25) is 0 Å². The smallest absolute Gasteiger partial charge is 0.135 e. The van der Waals surface area contributed by atoms with Crippen molar-refractivity contribution in [3.05, 3.63) is 29.8 Å². The number of nitrogens with one attached hydrogen (secondary N) is 2. The van der Waals surface area contributed by atoms with Gasteiger partial charge in [-0.15, -0.1) is 0 Å². The van der Waals surface area contributed by atoms with Gasteiger partial charge in [0.05, 0.1) is 6.54 Å². The molecule has 0 atom stereocenters. The molecule has 0 aromatic heterocycles. The highest BCUT2D eigenvalue weighted by Gasteiger charge is 1.84. The summed E-state index contributed by atoms with van der Waals surface area (Å²) in [5.74, 6) is 0. The molecule has 0 bridgehead atoms. The van der Waals surface area contributed by atoms with E-state index in [1.807, 2.05) is 47.1 Å². The van der Waals surface area contributed by atoms with Crippen LogP contribution in [0.3, 0.4) is 0 Å². The molecular weight excluding hydrogens is 226 g/mol. The number of aldehydes is 1. The molecule has 0 unspecified atom stereocenters. The number of carbonyl (C=O) groups is 1. The Morgan fingerprint density at radius 2 is 1.89 bits per heavy atom. The first-order chi connectivity index (χ1) is 8.60. The molecule has 18 heavy (non-hydrogen) atoms. The second-order valence-electron chi connectivity index (χ2n) is 3.54. The highest BCUT2D eigenvalue weighted by Crippen LogP contribution is 2.07. The van der Waals surface area contributed by atoms with Gasteiger partial charge in [0.2, 0.25) is 0 Å². The number of carbonyl (C=O) groups excluding carboxylic acids is 1. The second-order valence-corrected chi connectivity index (χ2v) is 3.54. The summed E-state index contributed by atoms with van der Waals surface area (Å²) in [5, 5.41) is 4.80. The first-order valence-electron chi connectivity index (χ1n) is 6.19. The quantitative estimate of drug-likeness (QED) is 0.638. The predicted octanol–water partition coefficient (Wildman–Crippen LogP) is 2.31. The van der Waals surface area contributed by atoms with E-state index < -0.39 is 0 Å². The zero-order valence-corrected chi connectivity index (χ0v) is 12.4. The number of nitrogens with zero attached hydrogens (tertiary/aromatic N) is 1. The first-order valence-corrected chi connectivity index (χ1v) is 6.19. The third-order valence-electron chi connectivity index (χ3n) is 1.80. The van der Waals surface area contributed by atoms with Crippen molar-refractivity contribution in [3.63, 3.8) is 0 Å². The molecule has 1 aromatic carbocycles. The summed E-state index contributed by atoms with van der Waals surface area (Å²) in [4.78, 5) is 9.62. The Morgan fingerprint density at radius 1 is 1.28 bits per heavy atom. The summed E-state index contributed by atoms with van der Waals surface area (Å²) in [7, 11) is 5.60. The van der Waals surface area contributed by atoms with Crippen LogP contribution in [0, 0.1) is 6.92 Å². The van der Waals surface area contributed by atoms with E-state index >= 15 is 0 Å². The fourth-order valence-corrected chi connectivity index (χ4v) is 1.02. The summed E-state index contributed by atoms with van der Waals surface area (Å²) in [6.45, 7) is 6.48. The Kier molecular flexibility index (Phi) is 14.4. The Balaban J connectivity index is 0. The van der Waals surface area contributed by atoms with Gasteiger partial charge in [0.1, 0.15) is 6.29 Å². The van der Waals surface area contributed by atoms with Crippen LogP contribution in [0.4, 0.5) is 5.69 Å².